The summed E-state index contributed by atoms with van der Waals surface area (Å²) in [5.41, 5.74) is 1.89. The number of carboxylic acid groups (broad SMARTS) is 1. The van der Waals surface area contributed by atoms with E-state index in [0.717, 1.165) is 11.1 Å². The summed E-state index contributed by atoms with van der Waals surface area (Å²) in [4.78, 5) is 14.7. The van der Waals surface area contributed by atoms with Gasteiger partial charge in [0.05, 0.1) is 0 Å². The quantitative estimate of drug-likeness (QED) is 0.779. The highest BCUT2D eigenvalue weighted by atomic mass is 16.5. The summed E-state index contributed by atoms with van der Waals surface area (Å²) in [7, 11) is 1.39. The third-order valence-electron chi connectivity index (χ3n) is 1.91. The van der Waals surface area contributed by atoms with Gasteiger partial charge in [-0.15, -0.1) is 0 Å². The lowest BCUT2D eigenvalue weighted by atomic mass is 10.1. The van der Waals surface area contributed by atoms with Crippen molar-refractivity contribution in [2.75, 3.05) is 7.11 Å². The monoisotopic (exact) mass is 195 g/mol. The third kappa shape index (κ3) is 2.81. The Labute approximate surface area is 82.5 Å². The SMILES string of the molecule is COC(Cc1cncc(C)c1)C(=O)O. The van der Waals surface area contributed by atoms with Gasteiger partial charge in [0.15, 0.2) is 6.10 Å². The van der Waals surface area contributed by atoms with E-state index in [0.29, 0.717) is 6.42 Å². The second-order valence-electron chi connectivity index (χ2n) is 3.14. The number of hydrogen-bond donors (Lipinski definition) is 1. The maximum Gasteiger partial charge on any atom is 0.333 e. The van der Waals surface area contributed by atoms with E-state index in [1.165, 1.54) is 7.11 Å². The minimum Gasteiger partial charge on any atom is -0.479 e. The first-order valence-corrected chi connectivity index (χ1v) is 4.29. The van der Waals surface area contributed by atoms with Crippen molar-refractivity contribution in [2.24, 2.45) is 0 Å². The predicted molar refractivity (Wildman–Crippen MR) is 51.1 cm³/mol. The molecule has 4 heteroatoms. The topological polar surface area (TPSA) is 59.4 Å². The molecular formula is C10H13NO3. The molecule has 1 atom stereocenters. The van der Waals surface area contributed by atoms with Crippen LogP contribution in [0.3, 0.4) is 0 Å². The van der Waals surface area contributed by atoms with Gasteiger partial charge in [-0.2, -0.15) is 0 Å². The Morgan fingerprint density at radius 3 is 2.86 bits per heavy atom. The summed E-state index contributed by atoms with van der Waals surface area (Å²) < 4.78 is 4.83. The van der Waals surface area contributed by atoms with Gasteiger partial charge in [0.25, 0.3) is 0 Å². The number of aryl methyl sites for hydroxylation is 1. The smallest absolute Gasteiger partial charge is 0.333 e. The summed E-state index contributed by atoms with van der Waals surface area (Å²) in [6, 6.07) is 1.90. The second-order valence-corrected chi connectivity index (χ2v) is 3.14. The molecule has 0 saturated heterocycles. The molecule has 76 valence electrons. The summed E-state index contributed by atoms with van der Waals surface area (Å²) in [5.74, 6) is -0.950. The molecule has 1 N–H and O–H groups in total. The van der Waals surface area contributed by atoms with Crippen molar-refractivity contribution >= 4 is 5.97 Å². The van der Waals surface area contributed by atoms with Gasteiger partial charge in [-0.1, -0.05) is 6.07 Å². The fourth-order valence-electron chi connectivity index (χ4n) is 1.21. The Balaban J connectivity index is 2.72. The average molecular weight is 195 g/mol. The van der Waals surface area contributed by atoms with Crippen LogP contribution >= 0.6 is 0 Å². The Hall–Kier alpha value is -1.42. The zero-order chi connectivity index (χ0) is 10.6. The van der Waals surface area contributed by atoms with Crippen LogP contribution in [0.15, 0.2) is 18.5 Å². The lowest BCUT2D eigenvalue weighted by molar-refractivity contribution is -0.148. The first-order valence-electron chi connectivity index (χ1n) is 4.29. The molecule has 0 saturated carbocycles. The molecular weight excluding hydrogens is 182 g/mol. The predicted octanol–water partition coefficient (Wildman–Crippen LogP) is 1.03. The largest absolute Gasteiger partial charge is 0.479 e. The van der Waals surface area contributed by atoms with Gasteiger partial charge in [-0.05, 0) is 18.1 Å². The normalized spacial score (nSPS) is 12.4. The van der Waals surface area contributed by atoms with E-state index < -0.39 is 12.1 Å². The van der Waals surface area contributed by atoms with Crippen LogP contribution in [0, 0.1) is 6.92 Å². The number of carboxylic acids is 1. The second kappa shape index (κ2) is 4.72. The Bertz CT molecular complexity index is 325. The molecule has 0 radical (unpaired) electrons. The van der Waals surface area contributed by atoms with Gasteiger partial charge in [0, 0.05) is 25.9 Å². The highest BCUT2D eigenvalue weighted by Gasteiger charge is 2.16. The molecule has 0 amide bonds. The van der Waals surface area contributed by atoms with Crippen molar-refractivity contribution in [1.82, 2.24) is 4.98 Å². The van der Waals surface area contributed by atoms with Crippen LogP contribution in [-0.2, 0) is 16.0 Å². The van der Waals surface area contributed by atoms with E-state index in [1.54, 1.807) is 12.4 Å². The lowest BCUT2D eigenvalue weighted by Crippen LogP contribution is -2.24. The third-order valence-corrected chi connectivity index (χ3v) is 1.91. The van der Waals surface area contributed by atoms with Crippen LogP contribution in [0.4, 0.5) is 0 Å². The number of ether oxygens (including phenoxy) is 1. The standard InChI is InChI=1S/C10H13NO3/c1-7-3-8(6-11-5-7)4-9(14-2)10(12)13/h3,5-6,9H,4H2,1-2H3,(H,12,13). The first-order chi connectivity index (χ1) is 6.63. The van der Waals surface area contributed by atoms with Gasteiger partial charge in [0.2, 0.25) is 0 Å². The summed E-state index contributed by atoms with van der Waals surface area (Å²) in [5, 5.41) is 8.76. The summed E-state index contributed by atoms with van der Waals surface area (Å²) in [6.45, 7) is 1.92. The van der Waals surface area contributed by atoms with Crippen LogP contribution in [0.25, 0.3) is 0 Å². The van der Waals surface area contributed by atoms with Crippen LogP contribution in [0.1, 0.15) is 11.1 Å². The van der Waals surface area contributed by atoms with Crippen LogP contribution in [0.5, 0.6) is 0 Å². The maximum absolute atomic E-state index is 10.7. The molecule has 1 unspecified atom stereocenters. The van der Waals surface area contributed by atoms with Crippen LogP contribution in [-0.4, -0.2) is 29.3 Å². The molecule has 1 aromatic heterocycles. The molecule has 1 rings (SSSR count). The maximum atomic E-state index is 10.7. The van der Waals surface area contributed by atoms with Gasteiger partial charge in [-0.25, -0.2) is 4.79 Å². The number of aromatic nitrogens is 1. The van der Waals surface area contributed by atoms with E-state index in [4.69, 9.17) is 9.84 Å². The molecule has 0 aliphatic rings. The summed E-state index contributed by atoms with van der Waals surface area (Å²) in [6.07, 6.45) is 2.94. The van der Waals surface area contributed by atoms with Crippen molar-refractivity contribution in [3.8, 4) is 0 Å². The van der Waals surface area contributed by atoms with E-state index >= 15 is 0 Å². The minimum atomic E-state index is -0.950. The van der Waals surface area contributed by atoms with Crippen molar-refractivity contribution < 1.29 is 14.6 Å². The van der Waals surface area contributed by atoms with Crippen molar-refractivity contribution in [3.63, 3.8) is 0 Å². The fraction of sp³-hybridized carbons (Fsp3) is 0.400. The minimum absolute atomic E-state index is 0.348. The molecule has 0 spiro atoms. The number of hydrogen-bond acceptors (Lipinski definition) is 3. The number of carbonyl (C=O) groups is 1. The number of nitrogens with zero attached hydrogens (tertiary/aromatic N) is 1. The van der Waals surface area contributed by atoms with Crippen LogP contribution in [0.2, 0.25) is 0 Å². The molecule has 1 heterocycles. The van der Waals surface area contributed by atoms with Crippen molar-refractivity contribution in [3.05, 3.63) is 29.6 Å². The van der Waals surface area contributed by atoms with Gasteiger partial charge < -0.3 is 9.84 Å². The molecule has 1 aromatic rings. The molecule has 0 aliphatic heterocycles. The van der Waals surface area contributed by atoms with E-state index in [1.807, 2.05) is 13.0 Å². The number of methoxy groups -OCH3 is 1. The molecule has 4 nitrogen and oxygen atoms in total. The molecule has 0 aliphatic carbocycles. The molecule has 14 heavy (non-hydrogen) atoms. The summed E-state index contributed by atoms with van der Waals surface area (Å²) >= 11 is 0. The van der Waals surface area contributed by atoms with Crippen LogP contribution < -0.4 is 0 Å². The number of pyridine rings is 1. The van der Waals surface area contributed by atoms with Gasteiger partial charge in [0.1, 0.15) is 0 Å². The zero-order valence-corrected chi connectivity index (χ0v) is 8.23. The molecule has 0 fully saturated rings. The van der Waals surface area contributed by atoms with Crippen molar-refractivity contribution in [2.45, 2.75) is 19.4 Å². The Morgan fingerprint density at radius 1 is 1.64 bits per heavy atom. The first kappa shape index (κ1) is 10.7. The lowest BCUT2D eigenvalue weighted by Gasteiger charge is -2.09. The molecule has 0 aromatic carbocycles. The number of rotatable bonds is 4. The van der Waals surface area contributed by atoms with Gasteiger partial charge >= 0.3 is 5.97 Å². The highest BCUT2D eigenvalue weighted by Crippen LogP contribution is 2.06. The van der Waals surface area contributed by atoms with E-state index in [2.05, 4.69) is 4.98 Å². The average Bonchev–Trinajstić information content (AvgIpc) is 2.14. The molecule has 0 bridgehead atoms. The van der Waals surface area contributed by atoms with E-state index in [-0.39, 0.29) is 0 Å². The Morgan fingerprint density at radius 2 is 2.36 bits per heavy atom. The fourth-order valence-corrected chi connectivity index (χ4v) is 1.21. The Kier molecular flexibility index (Phi) is 3.59. The number of aliphatic carboxylic acids is 1. The van der Waals surface area contributed by atoms with Crippen molar-refractivity contribution in [1.29, 1.82) is 0 Å². The van der Waals surface area contributed by atoms with Gasteiger partial charge in [-0.3, -0.25) is 4.98 Å². The highest BCUT2D eigenvalue weighted by molar-refractivity contribution is 5.72. The van der Waals surface area contributed by atoms with E-state index in [9.17, 15) is 4.79 Å². The zero-order valence-electron chi connectivity index (χ0n) is 8.23.